The van der Waals surface area contributed by atoms with Crippen LogP contribution in [0.5, 0.6) is 0 Å². The fourth-order valence-corrected chi connectivity index (χ4v) is 0.863. The zero-order valence-electron chi connectivity index (χ0n) is 5.28. The number of nitrogens with one attached hydrogen (secondary N) is 1. The summed E-state index contributed by atoms with van der Waals surface area (Å²) in [7, 11) is 0. The summed E-state index contributed by atoms with van der Waals surface area (Å²) in [6.45, 7) is 0. The summed E-state index contributed by atoms with van der Waals surface area (Å²) >= 11 is 0. The lowest BCUT2D eigenvalue weighted by atomic mass is 10.2. The van der Waals surface area contributed by atoms with Crippen LogP contribution >= 0.6 is 0 Å². The number of hydrogen-bond donors (Lipinski definition) is 1. The molecule has 0 spiro atoms. The normalized spacial score (nSPS) is 20.0. The van der Waals surface area contributed by atoms with Crippen molar-refractivity contribution in [2.75, 3.05) is 0 Å². The van der Waals surface area contributed by atoms with E-state index in [2.05, 4.69) is 15.6 Å². The summed E-state index contributed by atoms with van der Waals surface area (Å²) < 4.78 is 0. The molecule has 0 aromatic carbocycles. The molecule has 1 radical (unpaired) electrons. The fourth-order valence-electron chi connectivity index (χ4n) is 0.863. The molecule has 2 aliphatic heterocycles. The molecule has 0 amide bonds. The number of allylic oxidation sites excluding steroid dienone is 1. The Hall–Kier alpha value is -1.51. The molecule has 2 rings (SSSR count). The largest absolute Gasteiger partial charge is 0.345 e. The van der Waals surface area contributed by atoms with E-state index in [1.165, 1.54) is 0 Å². The van der Waals surface area contributed by atoms with Crippen molar-refractivity contribution in [3.63, 3.8) is 0 Å². The van der Waals surface area contributed by atoms with Gasteiger partial charge in [-0.1, -0.05) is 0 Å². The number of fused-ring (bicyclic) bond motifs is 1. The van der Waals surface area contributed by atoms with E-state index in [0.29, 0.717) is 0 Å². The van der Waals surface area contributed by atoms with Crippen LogP contribution < -0.4 is 10.6 Å². The second kappa shape index (κ2) is 2.02. The quantitative estimate of drug-likeness (QED) is 0.511. The number of rotatable bonds is 0. The maximum Gasteiger partial charge on any atom is 0.0923 e. The van der Waals surface area contributed by atoms with Crippen LogP contribution in [0.1, 0.15) is 0 Å². The minimum atomic E-state index is 1.01. The second-order valence-corrected chi connectivity index (χ2v) is 2.01. The predicted molar refractivity (Wildman–Crippen MR) is 39.1 cm³/mol. The fraction of sp³-hybridized carbons (Fsp3) is 0. The van der Waals surface area contributed by atoms with Gasteiger partial charge in [-0.25, -0.2) is 4.99 Å². The minimum absolute atomic E-state index is 1.01. The van der Waals surface area contributed by atoms with E-state index in [1.54, 1.807) is 24.9 Å². The van der Waals surface area contributed by atoms with Crippen molar-refractivity contribution in [2.24, 2.45) is 4.99 Å². The Kier molecular flexibility index (Phi) is 1.07. The van der Waals surface area contributed by atoms with Gasteiger partial charge in [0.05, 0.1) is 18.2 Å². The van der Waals surface area contributed by atoms with Gasteiger partial charge in [0, 0.05) is 18.0 Å². The molecule has 0 aromatic rings. The zero-order chi connectivity index (χ0) is 6.81. The molecule has 1 N–H and O–H groups in total. The highest BCUT2D eigenvalue weighted by Gasteiger charge is 2.06. The van der Waals surface area contributed by atoms with Crippen LogP contribution in [-0.2, 0) is 0 Å². The van der Waals surface area contributed by atoms with Gasteiger partial charge in [-0.05, 0) is 6.08 Å². The number of aliphatic imine (C=N–C) groups is 1. The van der Waals surface area contributed by atoms with Crippen LogP contribution in [0.4, 0.5) is 0 Å². The Labute approximate surface area is 58.8 Å². The molecular formula is C7H6N3. The molecule has 10 heavy (non-hydrogen) atoms. The number of nitrogens with zero attached hydrogens (tertiary/aromatic N) is 2. The van der Waals surface area contributed by atoms with E-state index in [9.17, 15) is 0 Å². The Morgan fingerprint density at radius 1 is 1.30 bits per heavy atom. The van der Waals surface area contributed by atoms with Crippen LogP contribution in [0.25, 0.3) is 0 Å². The standard InChI is InChI=1S/C7H6N3/c1-2-8-4-7-6(1)3-9-5-10-7/h1-5H,(H,9,10). The van der Waals surface area contributed by atoms with Crippen LogP contribution in [0.15, 0.2) is 40.9 Å². The van der Waals surface area contributed by atoms with Crippen LogP contribution in [0.3, 0.4) is 0 Å². The summed E-state index contributed by atoms with van der Waals surface area (Å²) in [6, 6.07) is 0. The van der Waals surface area contributed by atoms with E-state index >= 15 is 0 Å². The zero-order valence-corrected chi connectivity index (χ0v) is 5.28. The molecule has 49 valence electrons. The molecular weight excluding hydrogens is 126 g/mol. The highest BCUT2D eigenvalue weighted by molar-refractivity contribution is 5.65. The van der Waals surface area contributed by atoms with Crippen molar-refractivity contribution in [1.82, 2.24) is 10.6 Å². The van der Waals surface area contributed by atoms with Gasteiger partial charge in [0.2, 0.25) is 0 Å². The Morgan fingerprint density at radius 2 is 2.30 bits per heavy atom. The molecule has 0 unspecified atom stereocenters. The molecule has 0 aromatic heterocycles. The summed E-state index contributed by atoms with van der Waals surface area (Å²) in [5, 5.41) is 6.93. The van der Waals surface area contributed by atoms with Gasteiger partial charge in [-0.2, -0.15) is 0 Å². The first-order valence-electron chi connectivity index (χ1n) is 3.02. The van der Waals surface area contributed by atoms with Crippen LogP contribution in [0.2, 0.25) is 0 Å². The Balaban J connectivity index is 2.39. The van der Waals surface area contributed by atoms with Crippen LogP contribution in [0, 0.1) is 0 Å². The van der Waals surface area contributed by atoms with Gasteiger partial charge in [0.25, 0.3) is 0 Å². The molecule has 2 aliphatic rings. The molecule has 3 heteroatoms. The van der Waals surface area contributed by atoms with E-state index in [1.807, 2.05) is 6.08 Å². The maximum atomic E-state index is 3.95. The minimum Gasteiger partial charge on any atom is -0.345 e. The summed E-state index contributed by atoms with van der Waals surface area (Å²) in [6.07, 6.45) is 8.88. The van der Waals surface area contributed by atoms with Crippen molar-refractivity contribution >= 4 is 6.34 Å². The lowest BCUT2D eigenvalue weighted by Gasteiger charge is -2.12. The first-order valence-corrected chi connectivity index (χ1v) is 3.02. The smallest absolute Gasteiger partial charge is 0.0923 e. The van der Waals surface area contributed by atoms with E-state index < -0.39 is 0 Å². The van der Waals surface area contributed by atoms with E-state index in [-0.39, 0.29) is 0 Å². The average molecular weight is 132 g/mol. The molecule has 0 aliphatic carbocycles. The lowest BCUT2D eigenvalue weighted by molar-refractivity contribution is 1.02. The molecule has 0 saturated carbocycles. The SMILES string of the molecule is C1=CC2=CN=CNC2=C[N]1. The van der Waals surface area contributed by atoms with Gasteiger partial charge in [0.1, 0.15) is 0 Å². The molecule has 0 atom stereocenters. The van der Waals surface area contributed by atoms with Crippen molar-refractivity contribution in [2.45, 2.75) is 0 Å². The van der Waals surface area contributed by atoms with Gasteiger partial charge >= 0.3 is 0 Å². The molecule has 2 heterocycles. The van der Waals surface area contributed by atoms with E-state index in [4.69, 9.17) is 0 Å². The predicted octanol–water partition coefficient (Wildman–Crippen LogP) is 0.475. The van der Waals surface area contributed by atoms with Crippen molar-refractivity contribution in [1.29, 1.82) is 0 Å². The summed E-state index contributed by atoms with van der Waals surface area (Å²) in [5.41, 5.74) is 2.09. The molecule has 0 fully saturated rings. The van der Waals surface area contributed by atoms with Crippen molar-refractivity contribution < 1.29 is 0 Å². The van der Waals surface area contributed by atoms with E-state index in [0.717, 1.165) is 11.3 Å². The topological polar surface area (TPSA) is 38.5 Å². The molecule has 3 nitrogen and oxygen atoms in total. The lowest BCUT2D eigenvalue weighted by Crippen LogP contribution is -2.17. The molecule has 0 saturated heterocycles. The first-order chi connectivity index (χ1) is 4.97. The Bertz CT molecular complexity index is 258. The molecule has 0 bridgehead atoms. The maximum absolute atomic E-state index is 3.95. The highest BCUT2D eigenvalue weighted by Crippen LogP contribution is 2.13. The van der Waals surface area contributed by atoms with Crippen molar-refractivity contribution in [3.8, 4) is 0 Å². The second-order valence-electron chi connectivity index (χ2n) is 2.01. The van der Waals surface area contributed by atoms with Crippen LogP contribution in [-0.4, -0.2) is 6.34 Å². The summed E-state index contributed by atoms with van der Waals surface area (Å²) in [5.74, 6) is 0. The van der Waals surface area contributed by atoms with Gasteiger partial charge in [0.15, 0.2) is 0 Å². The van der Waals surface area contributed by atoms with Crippen molar-refractivity contribution in [3.05, 3.63) is 35.9 Å². The summed E-state index contributed by atoms with van der Waals surface area (Å²) in [4.78, 5) is 3.93. The highest BCUT2D eigenvalue weighted by atomic mass is 15.0. The monoisotopic (exact) mass is 132 g/mol. The van der Waals surface area contributed by atoms with Gasteiger partial charge in [-0.3, -0.25) is 5.32 Å². The third-order valence-corrected chi connectivity index (χ3v) is 1.36. The Morgan fingerprint density at radius 3 is 3.20 bits per heavy atom. The van der Waals surface area contributed by atoms with Gasteiger partial charge < -0.3 is 5.32 Å². The first kappa shape index (κ1) is 5.29. The number of hydrogen-bond acceptors (Lipinski definition) is 2. The third kappa shape index (κ3) is 0.719. The third-order valence-electron chi connectivity index (χ3n) is 1.36. The average Bonchev–Trinajstić information content (AvgIpc) is 2.05. The van der Waals surface area contributed by atoms with Gasteiger partial charge in [-0.15, -0.1) is 0 Å².